The molecule has 1 heterocycles. The van der Waals surface area contributed by atoms with Gasteiger partial charge in [0.2, 0.25) is 5.89 Å². The SMILES string of the molecule is CCOc1cc(Br)cc(C=Nc2ccc(-c3nc4cc(C)ccc4o3)cc2C)c1O. The van der Waals surface area contributed by atoms with Gasteiger partial charge in [0.1, 0.15) is 5.52 Å². The lowest BCUT2D eigenvalue weighted by Gasteiger charge is -2.09. The highest BCUT2D eigenvalue weighted by Gasteiger charge is 2.11. The molecule has 0 radical (unpaired) electrons. The van der Waals surface area contributed by atoms with E-state index < -0.39 is 0 Å². The zero-order chi connectivity index (χ0) is 21.3. The Morgan fingerprint density at radius 2 is 1.97 bits per heavy atom. The number of halogens is 1. The normalized spacial score (nSPS) is 11.5. The second-order valence-electron chi connectivity index (χ2n) is 7.02. The average molecular weight is 465 g/mol. The van der Waals surface area contributed by atoms with E-state index in [1.54, 1.807) is 18.3 Å². The third kappa shape index (κ3) is 4.09. The molecular formula is C24H21BrN2O3. The van der Waals surface area contributed by atoms with Gasteiger partial charge in [-0.3, -0.25) is 4.99 Å². The van der Waals surface area contributed by atoms with E-state index in [0.717, 1.165) is 38.0 Å². The molecule has 152 valence electrons. The molecule has 0 saturated heterocycles. The fraction of sp³-hybridized carbons (Fsp3) is 0.167. The topological polar surface area (TPSA) is 67.9 Å². The predicted molar refractivity (Wildman–Crippen MR) is 123 cm³/mol. The lowest BCUT2D eigenvalue weighted by molar-refractivity contribution is 0.317. The molecule has 0 spiro atoms. The molecule has 4 aromatic rings. The maximum Gasteiger partial charge on any atom is 0.227 e. The lowest BCUT2D eigenvalue weighted by Crippen LogP contribution is -1.94. The van der Waals surface area contributed by atoms with Crippen LogP contribution in [0.5, 0.6) is 11.5 Å². The van der Waals surface area contributed by atoms with Crippen LogP contribution in [-0.2, 0) is 0 Å². The standard InChI is InChI=1S/C24H21BrN2O3/c1-4-29-22-12-18(25)11-17(23(22)28)13-26-19-7-6-16(10-15(19)3)24-27-20-9-14(2)5-8-21(20)30-24/h5-13,28H,4H2,1-3H3. The van der Waals surface area contributed by atoms with Crippen LogP contribution in [-0.4, -0.2) is 22.9 Å². The van der Waals surface area contributed by atoms with Gasteiger partial charge in [-0.25, -0.2) is 4.98 Å². The number of phenols is 1. The number of ether oxygens (including phenoxy) is 1. The Morgan fingerprint density at radius 3 is 2.73 bits per heavy atom. The van der Waals surface area contributed by atoms with E-state index in [0.29, 0.717) is 23.8 Å². The van der Waals surface area contributed by atoms with Gasteiger partial charge in [-0.1, -0.05) is 22.0 Å². The van der Waals surface area contributed by atoms with Crippen molar-refractivity contribution in [2.45, 2.75) is 20.8 Å². The van der Waals surface area contributed by atoms with Gasteiger partial charge in [0.05, 0.1) is 12.3 Å². The summed E-state index contributed by atoms with van der Waals surface area (Å²) in [6, 6.07) is 15.3. The Morgan fingerprint density at radius 1 is 1.13 bits per heavy atom. The molecule has 30 heavy (non-hydrogen) atoms. The Hall–Kier alpha value is -3.12. The first-order valence-electron chi connectivity index (χ1n) is 9.62. The molecule has 0 atom stereocenters. The summed E-state index contributed by atoms with van der Waals surface area (Å²) in [4.78, 5) is 9.16. The molecule has 0 amide bonds. The van der Waals surface area contributed by atoms with E-state index in [1.807, 2.05) is 57.2 Å². The van der Waals surface area contributed by atoms with E-state index in [4.69, 9.17) is 9.15 Å². The first-order valence-corrected chi connectivity index (χ1v) is 10.4. The molecule has 4 rings (SSSR count). The molecule has 5 nitrogen and oxygen atoms in total. The lowest BCUT2D eigenvalue weighted by atomic mass is 10.1. The molecule has 0 aliphatic heterocycles. The summed E-state index contributed by atoms with van der Waals surface area (Å²) in [5.41, 5.74) is 6.00. The van der Waals surface area contributed by atoms with Gasteiger partial charge < -0.3 is 14.3 Å². The van der Waals surface area contributed by atoms with Crippen molar-refractivity contribution in [1.82, 2.24) is 4.98 Å². The number of hydrogen-bond donors (Lipinski definition) is 1. The van der Waals surface area contributed by atoms with Crippen molar-refractivity contribution in [1.29, 1.82) is 0 Å². The van der Waals surface area contributed by atoms with E-state index in [2.05, 4.69) is 25.9 Å². The number of aryl methyl sites for hydroxylation is 2. The average Bonchev–Trinajstić information content (AvgIpc) is 3.13. The first-order chi connectivity index (χ1) is 14.4. The van der Waals surface area contributed by atoms with Crippen LogP contribution in [0, 0.1) is 13.8 Å². The number of aromatic hydroxyl groups is 1. The quantitative estimate of drug-likeness (QED) is 0.332. The largest absolute Gasteiger partial charge is 0.504 e. The van der Waals surface area contributed by atoms with Crippen LogP contribution >= 0.6 is 15.9 Å². The third-order valence-corrected chi connectivity index (χ3v) is 5.16. The van der Waals surface area contributed by atoms with Crippen molar-refractivity contribution >= 4 is 38.9 Å². The summed E-state index contributed by atoms with van der Waals surface area (Å²) < 4.78 is 12.2. The maximum atomic E-state index is 10.4. The molecular weight excluding hydrogens is 444 g/mol. The van der Waals surface area contributed by atoms with Crippen molar-refractivity contribution < 1.29 is 14.3 Å². The summed E-state index contributed by atoms with van der Waals surface area (Å²) in [5, 5.41) is 10.4. The number of hydrogen-bond acceptors (Lipinski definition) is 5. The van der Waals surface area contributed by atoms with Crippen LogP contribution in [0.25, 0.3) is 22.6 Å². The van der Waals surface area contributed by atoms with Crippen LogP contribution in [0.3, 0.4) is 0 Å². The van der Waals surface area contributed by atoms with Gasteiger partial charge in [-0.15, -0.1) is 0 Å². The molecule has 0 aliphatic rings. The number of nitrogens with zero attached hydrogens (tertiary/aromatic N) is 2. The zero-order valence-corrected chi connectivity index (χ0v) is 18.5. The smallest absolute Gasteiger partial charge is 0.227 e. The Labute approximate surface area is 183 Å². The summed E-state index contributed by atoms with van der Waals surface area (Å²) >= 11 is 3.44. The van der Waals surface area contributed by atoms with Gasteiger partial charge in [0.25, 0.3) is 0 Å². The molecule has 0 unspecified atom stereocenters. The number of aliphatic imine (C=N–C) groups is 1. The molecule has 1 aromatic heterocycles. The highest BCUT2D eigenvalue weighted by atomic mass is 79.9. The summed E-state index contributed by atoms with van der Waals surface area (Å²) in [6.07, 6.45) is 1.63. The molecule has 3 aromatic carbocycles. The van der Waals surface area contributed by atoms with Crippen molar-refractivity contribution in [3.63, 3.8) is 0 Å². The number of aromatic nitrogens is 1. The van der Waals surface area contributed by atoms with Crippen LogP contribution < -0.4 is 4.74 Å². The van der Waals surface area contributed by atoms with Crippen molar-refractivity contribution in [2.24, 2.45) is 4.99 Å². The van der Waals surface area contributed by atoms with Crippen LogP contribution in [0.4, 0.5) is 5.69 Å². The maximum absolute atomic E-state index is 10.4. The number of fused-ring (bicyclic) bond motifs is 1. The number of rotatable bonds is 5. The minimum absolute atomic E-state index is 0.0693. The van der Waals surface area contributed by atoms with Crippen molar-refractivity contribution in [3.8, 4) is 23.0 Å². The number of phenolic OH excluding ortho intramolecular Hbond substituents is 1. The van der Waals surface area contributed by atoms with E-state index in [1.165, 1.54) is 0 Å². The van der Waals surface area contributed by atoms with Crippen LogP contribution in [0.1, 0.15) is 23.6 Å². The van der Waals surface area contributed by atoms with Crippen molar-refractivity contribution in [2.75, 3.05) is 6.61 Å². The van der Waals surface area contributed by atoms with Gasteiger partial charge in [-0.05, 0) is 74.4 Å². The fourth-order valence-corrected chi connectivity index (χ4v) is 3.65. The second-order valence-corrected chi connectivity index (χ2v) is 7.94. The Balaban J connectivity index is 1.64. The zero-order valence-electron chi connectivity index (χ0n) is 16.9. The fourth-order valence-electron chi connectivity index (χ4n) is 3.19. The molecule has 0 aliphatic carbocycles. The summed E-state index contributed by atoms with van der Waals surface area (Å²) in [7, 11) is 0. The molecule has 0 bridgehead atoms. The second kappa shape index (κ2) is 8.32. The molecule has 0 saturated carbocycles. The Kier molecular flexibility index (Phi) is 5.59. The summed E-state index contributed by atoms with van der Waals surface area (Å²) in [5.74, 6) is 1.08. The van der Waals surface area contributed by atoms with Gasteiger partial charge in [0, 0.05) is 21.8 Å². The Bertz CT molecular complexity index is 1260. The molecule has 6 heteroatoms. The van der Waals surface area contributed by atoms with E-state index in [9.17, 15) is 5.11 Å². The monoisotopic (exact) mass is 464 g/mol. The first kappa shape index (κ1) is 20.2. The van der Waals surface area contributed by atoms with E-state index in [-0.39, 0.29) is 5.75 Å². The van der Waals surface area contributed by atoms with E-state index >= 15 is 0 Å². The van der Waals surface area contributed by atoms with Crippen LogP contribution in [0.15, 0.2) is 62.4 Å². The van der Waals surface area contributed by atoms with Crippen LogP contribution in [0.2, 0.25) is 0 Å². The minimum Gasteiger partial charge on any atom is -0.504 e. The molecule has 0 fully saturated rings. The highest BCUT2D eigenvalue weighted by Crippen LogP contribution is 2.34. The predicted octanol–water partition coefficient (Wildman–Crippen LogP) is 6.73. The van der Waals surface area contributed by atoms with Crippen molar-refractivity contribution in [3.05, 3.63) is 69.7 Å². The highest BCUT2D eigenvalue weighted by molar-refractivity contribution is 9.10. The van der Waals surface area contributed by atoms with Gasteiger partial charge in [-0.2, -0.15) is 0 Å². The minimum atomic E-state index is 0.0693. The van der Waals surface area contributed by atoms with Gasteiger partial charge in [0.15, 0.2) is 17.1 Å². The van der Waals surface area contributed by atoms with Gasteiger partial charge >= 0.3 is 0 Å². The number of benzene rings is 3. The third-order valence-electron chi connectivity index (χ3n) is 4.70. The molecule has 1 N–H and O–H groups in total. The summed E-state index contributed by atoms with van der Waals surface area (Å²) in [6.45, 7) is 6.36. The number of oxazole rings is 1.